The van der Waals surface area contributed by atoms with Gasteiger partial charge in [-0.1, -0.05) is 12.8 Å². The molecule has 0 aromatic carbocycles. The fourth-order valence-corrected chi connectivity index (χ4v) is 3.66. The van der Waals surface area contributed by atoms with Crippen LogP contribution in [0.15, 0.2) is 0 Å². The first kappa shape index (κ1) is 10.9. The van der Waals surface area contributed by atoms with Gasteiger partial charge in [0.15, 0.2) is 5.79 Å². The molecule has 2 saturated heterocycles. The Labute approximate surface area is 95.5 Å². The Morgan fingerprint density at radius 1 is 1.19 bits per heavy atom. The molecule has 1 saturated carbocycles. The lowest BCUT2D eigenvalue weighted by molar-refractivity contribution is -0.300. The van der Waals surface area contributed by atoms with Gasteiger partial charge in [0, 0.05) is 6.42 Å². The number of aliphatic hydroxyl groups is 1. The Morgan fingerprint density at radius 3 is 2.50 bits per heavy atom. The third-order valence-corrected chi connectivity index (χ3v) is 4.24. The van der Waals surface area contributed by atoms with Gasteiger partial charge in [0.05, 0.1) is 12.1 Å². The van der Waals surface area contributed by atoms with Gasteiger partial charge in [-0.3, -0.25) is 4.84 Å². The fraction of sp³-hybridized carbons (Fsp3) is 1.00. The fourth-order valence-electron chi connectivity index (χ4n) is 3.66. The van der Waals surface area contributed by atoms with E-state index in [1.54, 1.807) is 6.92 Å². The number of hydroxylamine groups is 4. The zero-order chi connectivity index (χ0) is 11.6. The van der Waals surface area contributed by atoms with Crippen LogP contribution in [-0.2, 0) is 4.84 Å². The molecule has 3 rings (SSSR count). The third-order valence-electron chi connectivity index (χ3n) is 4.24. The molecule has 0 radical (unpaired) electrons. The highest BCUT2D eigenvalue weighted by Gasteiger charge is 2.63. The SMILES string of the molecule is C[C@]12C[C@@](C)(O)ON1[C@@H]1CCCC[C@@H]1N2O. The largest absolute Gasteiger partial charge is 0.364 e. The molecule has 0 aromatic rings. The first-order valence-corrected chi connectivity index (χ1v) is 6.13. The predicted octanol–water partition coefficient (Wildman–Crippen LogP) is 1.06. The second-order valence-electron chi connectivity index (χ2n) is 5.75. The molecule has 4 atom stereocenters. The van der Waals surface area contributed by atoms with E-state index in [1.807, 2.05) is 12.0 Å². The van der Waals surface area contributed by atoms with Crippen LogP contribution in [0.1, 0.15) is 46.0 Å². The van der Waals surface area contributed by atoms with Crippen LogP contribution in [0.3, 0.4) is 0 Å². The molecule has 3 fully saturated rings. The highest BCUT2D eigenvalue weighted by atomic mass is 16.8. The minimum Gasteiger partial charge on any atom is -0.364 e. The Balaban J connectivity index is 1.93. The highest BCUT2D eigenvalue weighted by molar-refractivity contribution is 5.04. The lowest BCUT2D eigenvalue weighted by Gasteiger charge is -2.32. The minimum atomic E-state index is -1.15. The smallest absolute Gasteiger partial charge is 0.185 e. The van der Waals surface area contributed by atoms with Crippen LogP contribution >= 0.6 is 0 Å². The van der Waals surface area contributed by atoms with Crippen LogP contribution in [-0.4, -0.2) is 44.0 Å². The molecule has 2 aliphatic heterocycles. The van der Waals surface area contributed by atoms with Crippen molar-refractivity contribution >= 4 is 0 Å². The molecule has 0 bridgehead atoms. The summed E-state index contributed by atoms with van der Waals surface area (Å²) in [5.74, 6) is -1.15. The van der Waals surface area contributed by atoms with Crippen molar-refractivity contribution in [2.24, 2.45) is 0 Å². The van der Waals surface area contributed by atoms with Crippen LogP contribution in [0.5, 0.6) is 0 Å². The maximum absolute atomic E-state index is 10.3. The number of fused-ring (bicyclic) bond motifs is 3. The lowest BCUT2D eigenvalue weighted by Crippen LogP contribution is -2.47. The van der Waals surface area contributed by atoms with Gasteiger partial charge in [0.2, 0.25) is 0 Å². The van der Waals surface area contributed by atoms with Crippen LogP contribution in [0.25, 0.3) is 0 Å². The average Bonchev–Trinajstić information content (AvgIpc) is 2.57. The molecule has 2 N–H and O–H groups in total. The maximum Gasteiger partial charge on any atom is 0.185 e. The quantitative estimate of drug-likeness (QED) is 0.649. The van der Waals surface area contributed by atoms with Gasteiger partial charge in [-0.2, -0.15) is 10.1 Å². The predicted molar refractivity (Wildman–Crippen MR) is 56.2 cm³/mol. The normalized spacial score (nSPS) is 54.0. The molecular formula is C11H20N2O3. The summed E-state index contributed by atoms with van der Waals surface area (Å²) in [5, 5.41) is 23.5. The van der Waals surface area contributed by atoms with Gasteiger partial charge in [0.1, 0.15) is 5.66 Å². The first-order chi connectivity index (χ1) is 7.44. The second-order valence-corrected chi connectivity index (χ2v) is 5.75. The van der Waals surface area contributed by atoms with Crippen molar-refractivity contribution in [3.63, 3.8) is 0 Å². The van der Waals surface area contributed by atoms with E-state index in [9.17, 15) is 10.3 Å². The van der Waals surface area contributed by atoms with Crippen molar-refractivity contribution in [3.05, 3.63) is 0 Å². The van der Waals surface area contributed by atoms with Crippen molar-refractivity contribution in [1.29, 1.82) is 0 Å². The Bertz CT molecular complexity index is 310. The molecule has 5 nitrogen and oxygen atoms in total. The zero-order valence-electron chi connectivity index (χ0n) is 9.89. The molecule has 0 amide bonds. The molecule has 16 heavy (non-hydrogen) atoms. The summed E-state index contributed by atoms with van der Waals surface area (Å²) in [4.78, 5) is 5.60. The molecule has 0 spiro atoms. The Kier molecular flexibility index (Phi) is 2.17. The number of rotatable bonds is 0. The van der Waals surface area contributed by atoms with Crippen LogP contribution in [0, 0.1) is 0 Å². The standard InChI is InChI=1S/C11H20N2O3/c1-10-7-11(2,14)16-13(10)9-6-4-3-5-8(9)12(10)15/h8-9,14-15H,3-7H2,1-2H3/t8-,9+,10+,11-/m0/s1. The number of nitrogens with zero attached hydrogens (tertiary/aromatic N) is 2. The van der Waals surface area contributed by atoms with Gasteiger partial charge in [-0.05, 0) is 26.7 Å². The van der Waals surface area contributed by atoms with Crippen LogP contribution < -0.4 is 0 Å². The Hall–Kier alpha value is -0.200. The first-order valence-electron chi connectivity index (χ1n) is 6.13. The van der Waals surface area contributed by atoms with E-state index in [-0.39, 0.29) is 12.1 Å². The van der Waals surface area contributed by atoms with E-state index in [1.165, 1.54) is 17.9 Å². The van der Waals surface area contributed by atoms with E-state index in [2.05, 4.69) is 0 Å². The minimum absolute atomic E-state index is 0.162. The van der Waals surface area contributed by atoms with Gasteiger partial charge >= 0.3 is 0 Å². The van der Waals surface area contributed by atoms with Gasteiger partial charge in [-0.25, -0.2) is 0 Å². The summed E-state index contributed by atoms with van der Waals surface area (Å²) in [6.45, 7) is 3.59. The zero-order valence-corrected chi connectivity index (χ0v) is 9.89. The van der Waals surface area contributed by atoms with E-state index >= 15 is 0 Å². The Morgan fingerprint density at radius 2 is 1.81 bits per heavy atom. The van der Waals surface area contributed by atoms with E-state index in [0.29, 0.717) is 6.42 Å². The van der Waals surface area contributed by atoms with Crippen LogP contribution in [0.2, 0.25) is 0 Å². The van der Waals surface area contributed by atoms with Crippen molar-refractivity contribution in [2.75, 3.05) is 0 Å². The third kappa shape index (κ3) is 1.29. The highest BCUT2D eigenvalue weighted by Crippen LogP contribution is 2.49. The summed E-state index contributed by atoms with van der Waals surface area (Å²) >= 11 is 0. The summed E-state index contributed by atoms with van der Waals surface area (Å²) in [5.41, 5.74) is -0.566. The summed E-state index contributed by atoms with van der Waals surface area (Å²) in [6, 6.07) is 0.382. The molecule has 0 aromatic heterocycles. The van der Waals surface area contributed by atoms with Gasteiger partial charge in [-0.15, -0.1) is 0 Å². The van der Waals surface area contributed by atoms with E-state index in [4.69, 9.17) is 4.84 Å². The van der Waals surface area contributed by atoms with Crippen molar-refractivity contribution in [2.45, 2.75) is 69.5 Å². The molecule has 3 aliphatic rings. The van der Waals surface area contributed by atoms with Gasteiger partial charge < -0.3 is 10.3 Å². The number of hydrogen-bond donors (Lipinski definition) is 2. The van der Waals surface area contributed by atoms with Gasteiger partial charge in [0.25, 0.3) is 0 Å². The molecule has 0 unspecified atom stereocenters. The maximum atomic E-state index is 10.3. The van der Waals surface area contributed by atoms with Crippen molar-refractivity contribution in [1.82, 2.24) is 10.1 Å². The monoisotopic (exact) mass is 228 g/mol. The average molecular weight is 228 g/mol. The number of hydrogen-bond acceptors (Lipinski definition) is 5. The summed E-state index contributed by atoms with van der Waals surface area (Å²) < 4.78 is 0. The second kappa shape index (κ2) is 3.17. The summed E-state index contributed by atoms with van der Waals surface area (Å²) in [7, 11) is 0. The molecule has 5 heteroatoms. The van der Waals surface area contributed by atoms with E-state index in [0.717, 1.165) is 12.8 Å². The molecule has 92 valence electrons. The van der Waals surface area contributed by atoms with E-state index < -0.39 is 11.4 Å². The van der Waals surface area contributed by atoms with Crippen molar-refractivity contribution < 1.29 is 15.2 Å². The van der Waals surface area contributed by atoms with Crippen molar-refractivity contribution in [3.8, 4) is 0 Å². The summed E-state index contributed by atoms with van der Waals surface area (Å²) in [6.07, 6.45) is 4.81. The lowest BCUT2D eigenvalue weighted by atomic mass is 9.91. The molecular weight excluding hydrogens is 208 g/mol. The van der Waals surface area contributed by atoms with Crippen LogP contribution in [0.4, 0.5) is 0 Å². The molecule has 1 aliphatic carbocycles. The topological polar surface area (TPSA) is 56.2 Å². The molecule has 2 heterocycles.